The van der Waals surface area contributed by atoms with Crippen LogP contribution in [0, 0.1) is 0 Å². The van der Waals surface area contributed by atoms with Gasteiger partial charge in [-0.25, -0.2) is 13.4 Å². The van der Waals surface area contributed by atoms with E-state index in [1.165, 1.54) is 0 Å². The van der Waals surface area contributed by atoms with Gasteiger partial charge < -0.3 is 13.8 Å². The summed E-state index contributed by atoms with van der Waals surface area (Å²) in [7, 11) is -1.44. The summed E-state index contributed by atoms with van der Waals surface area (Å²) >= 11 is 0. The van der Waals surface area contributed by atoms with E-state index in [0.717, 1.165) is 30.8 Å². The van der Waals surface area contributed by atoms with Crippen LogP contribution < -0.4 is 0 Å². The number of hydrogen-bond donors (Lipinski definition) is 0. The number of imidazole rings is 1. The number of hydrogen-bond acceptors (Lipinski definition) is 7. The summed E-state index contributed by atoms with van der Waals surface area (Å²) in [4.78, 5) is 6.31. The lowest BCUT2D eigenvalue weighted by atomic mass is 10.2. The molecule has 26 heavy (non-hydrogen) atoms. The fourth-order valence-corrected chi connectivity index (χ4v) is 4.70. The van der Waals surface area contributed by atoms with Gasteiger partial charge in [-0.1, -0.05) is 12.1 Å². The first-order valence-electron chi connectivity index (χ1n) is 8.96. The van der Waals surface area contributed by atoms with E-state index in [1.807, 2.05) is 24.6 Å². The number of aromatic nitrogens is 3. The van der Waals surface area contributed by atoms with Crippen molar-refractivity contribution in [1.29, 1.82) is 0 Å². The molecule has 0 bridgehead atoms. The van der Waals surface area contributed by atoms with E-state index in [9.17, 15) is 8.42 Å². The van der Waals surface area contributed by atoms with Crippen LogP contribution >= 0.6 is 0 Å². The van der Waals surface area contributed by atoms with Crippen LogP contribution in [-0.4, -0.2) is 53.5 Å². The van der Waals surface area contributed by atoms with Gasteiger partial charge in [0, 0.05) is 25.8 Å². The molecule has 3 heterocycles. The van der Waals surface area contributed by atoms with Crippen LogP contribution in [-0.2, 0) is 34.2 Å². The summed E-state index contributed by atoms with van der Waals surface area (Å²) in [5, 5.41) is 4.07. The average Bonchev–Trinajstić information content (AvgIpc) is 3.31. The molecule has 9 heteroatoms. The third-order valence-electron chi connectivity index (χ3n) is 4.42. The highest BCUT2D eigenvalue weighted by Crippen LogP contribution is 2.21. The Morgan fingerprint density at radius 2 is 2.23 bits per heavy atom. The van der Waals surface area contributed by atoms with Crippen molar-refractivity contribution in [3.05, 3.63) is 29.9 Å². The molecule has 1 aliphatic rings. The molecule has 0 aromatic carbocycles. The fourth-order valence-electron chi connectivity index (χ4n) is 3.24. The maximum Gasteiger partial charge on any atom is 0.227 e. The first-order valence-corrected chi connectivity index (χ1v) is 10.6. The maximum absolute atomic E-state index is 12.6. The number of nitrogens with zero attached hydrogens (tertiary/aromatic N) is 4. The van der Waals surface area contributed by atoms with Crippen molar-refractivity contribution >= 4 is 9.84 Å². The van der Waals surface area contributed by atoms with Crippen LogP contribution in [0.1, 0.15) is 37.6 Å². The van der Waals surface area contributed by atoms with Gasteiger partial charge in [0.25, 0.3) is 0 Å². The predicted octanol–water partition coefficient (Wildman–Crippen LogP) is 1.87. The van der Waals surface area contributed by atoms with E-state index in [-0.39, 0.29) is 17.0 Å². The molecule has 2 aromatic rings. The highest BCUT2D eigenvalue weighted by Gasteiger charge is 2.26. The Labute approximate surface area is 154 Å². The molecule has 0 spiro atoms. The molecule has 1 aliphatic heterocycles. The van der Waals surface area contributed by atoms with Gasteiger partial charge in [0.15, 0.2) is 0 Å². The molecule has 2 aromatic heterocycles. The van der Waals surface area contributed by atoms with E-state index >= 15 is 0 Å². The highest BCUT2D eigenvalue weighted by molar-refractivity contribution is 7.91. The van der Waals surface area contributed by atoms with Crippen molar-refractivity contribution in [3.8, 4) is 0 Å². The smallest absolute Gasteiger partial charge is 0.227 e. The normalized spacial score (nSPS) is 18.0. The molecule has 1 atom stereocenters. The Morgan fingerprint density at radius 1 is 1.38 bits per heavy atom. The van der Waals surface area contributed by atoms with Gasteiger partial charge >= 0.3 is 0 Å². The Balaban J connectivity index is 1.82. The van der Waals surface area contributed by atoms with Gasteiger partial charge in [0.1, 0.15) is 6.26 Å². The van der Waals surface area contributed by atoms with Crippen LogP contribution in [0.15, 0.2) is 28.2 Å². The van der Waals surface area contributed by atoms with Crippen molar-refractivity contribution in [1.82, 2.24) is 19.6 Å². The molecule has 3 rings (SSSR count). The van der Waals surface area contributed by atoms with E-state index in [4.69, 9.17) is 9.26 Å². The molecule has 0 N–H and O–H groups in total. The van der Waals surface area contributed by atoms with Crippen LogP contribution in [0.3, 0.4) is 0 Å². The van der Waals surface area contributed by atoms with Crippen molar-refractivity contribution in [2.75, 3.05) is 19.4 Å². The first-order chi connectivity index (χ1) is 12.5. The van der Waals surface area contributed by atoms with Crippen molar-refractivity contribution in [2.45, 2.75) is 57.1 Å². The van der Waals surface area contributed by atoms with Crippen molar-refractivity contribution in [2.24, 2.45) is 0 Å². The van der Waals surface area contributed by atoms with E-state index in [2.05, 4.69) is 15.0 Å². The Kier molecular flexibility index (Phi) is 6.10. The molecule has 0 aliphatic carbocycles. The van der Waals surface area contributed by atoms with Gasteiger partial charge in [0.05, 0.1) is 36.0 Å². The van der Waals surface area contributed by atoms with Gasteiger partial charge in [-0.15, -0.1) is 0 Å². The summed E-state index contributed by atoms with van der Waals surface area (Å²) in [6, 6.07) is 1.82. The zero-order valence-corrected chi connectivity index (χ0v) is 16.1. The van der Waals surface area contributed by atoms with Crippen LogP contribution in [0.5, 0.6) is 0 Å². The molecule has 144 valence electrons. The standard InChI is InChI=1S/C17H26N4O4S/c1-3-9-26(22,23)17-18-10-15(21(17)13-16-5-4-7-24-16)12-20(2)11-14-6-8-25-19-14/h6,8,10,16H,3-5,7,9,11-13H2,1-2H3/t16-/m1/s1. The Bertz CT molecular complexity index is 795. The largest absolute Gasteiger partial charge is 0.376 e. The summed E-state index contributed by atoms with van der Waals surface area (Å²) in [6.45, 7) is 4.29. The molecular weight excluding hydrogens is 356 g/mol. The quantitative estimate of drug-likeness (QED) is 0.654. The second-order valence-corrected chi connectivity index (χ2v) is 8.76. The van der Waals surface area contributed by atoms with Crippen LogP contribution in [0.25, 0.3) is 0 Å². The van der Waals surface area contributed by atoms with Gasteiger partial charge in [-0.2, -0.15) is 0 Å². The zero-order chi connectivity index (χ0) is 18.6. The molecule has 0 unspecified atom stereocenters. The predicted molar refractivity (Wildman–Crippen MR) is 95.2 cm³/mol. The number of ether oxygens (including phenoxy) is 1. The van der Waals surface area contributed by atoms with E-state index in [1.54, 1.807) is 12.5 Å². The lowest BCUT2D eigenvalue weighted by Gasteiger charge is -2.19. The summed E-state index contributed by atoms with van der Waals surface area (Å²) in [5.41, 5.74) is 1.69. The fraction of sp³-hybridized carbons (Fsp3) is 0.647. The topological polar surface area (TPSA) is 90.5 Å². The lowest BCUT2D eigenvalue weighted by molar-refractivity contribution is 0.0934. The van der Waals surface area contributed by atoms with Crippen molar-refractivity contribution < 1.29 is 17.7 Å². The summed E-state index contributed by atoms with van der Waals surface area (Å²) < 4.78 is 37.6. The third-order valence-corrected chi connectivity index (χ3v) is 6.25. The molecular formula is C17H26N4O4S. The summed E-state index contributed by atoms with van der Waals surface area (Å²) in [6.07, 6.45) is 5.77. The van der Waals surface area contributed by atoms with Crippen LogP contribution in [0.4, 0.5) is 0 Å². The Morgan fingerprint density at radius 3 is 2.88 bits per heavy atom. The molecule has 0 radical (unpaired) electrons. The monoisotopic (exact) mass is 382 g/mol. The minimum Gasteiger partial charge on any atom is -0.376 e. The highest BCUT2D eigenvalue weighted by atomic mass is 32.2. The van der Waals surface area contributed by atoms with Gasteiger partial charge in [-0.05, 0) is 26.3 Å². The minimum atomic E-state index is -3.40. The Hall–Kier alpha value is -1.71. The van der Waals surface area contributed by atoms with E-state index < -0.39 is 9.84 Å². The molecule has 0 saturated carbocycles. The second kappa shape index (κ2) is 8.32. The molecule has 1 fully saturated rings. The third kappa shape index (κ3) is 4.52. The SMILES string of the molecule is CCCS(=O)(=O)c1ncc(CN(C)Cc2ccon2)n1C[C@H]1CCCO1. The first kappa shape index (κ1) is 19.1. The molecule has 0 amide bonds. The average molecular weight is 382 g/mol. The zero-order valence-electron chi connectivity index (χ0n) is 15.3. The lowest BCUT2D eigenvalue weighted by Crippen LogP contribution is -2.25. The van der Waals surface area contributed by atoms with Gasteiger partial charge in [0.2, 0.25) is 15.0 Å². The van der Waals surface area contributed by atoms with Crippen LogP contribution in [0.2, 0.25) is 0 Å². The summed E-state index contributed by atoms with van der Waals surface area (Å²) in [5.74, 6) is 0.101. The number of rotatable bonds is 9. The second-order valence-electron chi connectivity index (χ2n) is 6.76. The van der Waals surface area contributed by atoms with E-state index in [0.29, 0.717) is 26.1 Å². The molecule has 8 nitrogen and oxygen atoms in total. The number of sulfone groups is 1. The maximum atomic E-state index is 12.6. The molecule has 1 saturated heterocycles. The van der Waals surface area contributed by atoms with Gasteiger partial charge in [-0.3, -0.25) is 4.90 Å². The van der Waals surface area contributed by atoms with Crippen molar-refractivity contribution in [3.63, 3.8) is 0 Å². The minimum absolute atomic E-state index is 0.0411.